The fourth-order valence-electron chi connectivity index (χ4n) is 6.74. The molecule has 0 saturated carbocycles. The van der Waals surface area contributed by atoms with Crippen molar-refractivity contribution in [3.05, 3.63) is 52.2 Å². The summed E-state index contributed by atoms with van der Waals surface area (Å²) < 4.78 is 40.9. The van der Waals surface area contributed by atoms with Gasteiger partial charge in [-0.15, -0.1) is 0 Å². The van der Waals surface area contributed by atoms with Gasteiger partial charge < -0.3 is 38.1 Å². The molecule has 13 heteroatoms. The molecule has 270 valence electrons. The normalized spacial score (nSPS) is 18.3. The average molecular weight is 695 g/mol. The molecular weight excluding hydrogens is 648 g/mol. The molecule has 5 rings (SSSR count). The van der Waals surface area contributed by atoms with Crippen molar-refractivity contribution in [3.63, 3.8) is 0 Å². The van der Waals surface area contributed by atoms with E-state index in [9.17, 15) is 19.2 Å². The van der Waals surface area contributed by atoms with E-state index in [2.05, 4.69) is 13.5 Å². The lowest BCUT2D eigenvalue weighted by molar-refractivity contribution is -0.151. The van der Waals surface area contributed by atoms with Crippen LogP contribution < -0.4 is 23.7 Å². The maximum Gasteiger partial charge on any atom is 0.411 e. The number of methoxy groups -OCH3 is 1. The number of carbonyl (C=O) groups excluding carboxylic acids is 4. The summed E-state index contributed by atoms with van der Waals surface area (Å²) in [6.45, 7) is 17.9. The van der Waals surface area contributed by atoms with Crippen LogP contribution in [0.2, 0.25) is 0 Å². The largest absolute Gasteiger partial charge is 0.493 e. The van der Waals surface area contributed by atoms with Crippen LogP contribution in [0.1, 0.15) is 94.3 Å². The molecule has 3 aliphatic rings. The quantitative estimate of drug-likeness (QED) is 0.164. The highest BCUT2D eigenvalue weighted by atomic mass is 16.7. The monoisotopic (exact) mass is 694 g/mol. The van der Waals surface area contributed by atoms with E-state index in [4.69, 9.17) is 33.2 Å². The number of benzene rings is 2. The van der Waals surface area contributed by atoms with Crippen LogP contribution in [-0.4, -0.2) is 72.5 Å². The summed E-state index contributed by atoms with van der Waals surface area (Å²) in [7, 11) is 1.56. The molecule has 0 aliphatic carbocycles. The Kier molecular flexibility index (Phi) is 10.3. The van der Waals surface area contributed by atoms with Gasteiger partial charge in [0.25, 0.3) is 5.91 Å². The number of rotatable bonds is 10. The van der Waals surface area contributed by atoms with Gasteiger partial charge in [0.2, 0.25) is 6.79 Å². The number of amides is 2. The molecule has 2 amide bonds. The van der Waals surface area contributed by atoms with Gasteiger partial charge in [-0.25, -0.2) is 4.79 Å². The first-order valence-corrected chi connectivity index (χ1v) is 16.7. The molecule has 2 bridgehead atoms. The molecule has 3 atom stereocenters. The Morgan fingerprint density at radius 2 is 1.76 bits per heavy atom. The summed E-state index contributed by atoms with van der Waals surface area (Å²) in [6, 6.07) is 0.504. The number of ether oxygens (including phenoxy) is 7. The van der Waals surface area contributed by atoms with Crippen LogP contribution in [-0.2, 0) is 30.3 Å². The number of unbranched alkanes of at least 4 members (excludes halogenated alkanes) is 1. The number of nitrogens with zero attached hydrogens (tertiary/aromatic N) is 2. The van der Waals surface area contributed by atoms with Crippen LogP contribution in [0, 0.1) is 13.8 Å². The Hall–Kier alpha value is -4.94. The number of piperazine rings is 1. The minimum absolute atomic E-state index is 0.121. The summed E-state index contributed by atoms with van der Waals surface area (Å²) >= 11 is 0. The second-order valence-electron chi connectivity index (χ2n) is 13.6. The predicted molar refractivity (Wildman–Crippen MR) is 180 cm³/mol. The number of hydrogen-bond acceptors (Lipinski definition) is 11. The van der Waals surface area contributed by atoms with E-state index in [1.54, 1.807) is 40.9 Å². The average Bonchev–Trinajstić information content (AvgIpc) is 3.52. The fourth-order valence-corrected chi connectivity index (χ4v) is 6.74. The van der Waals surface area contributed by atoms with Gasteiger partial charge in [0, 0.05) is 42.7 Å². The second kappa shape index (κ2) is 14.1. The molecule has 0 radical (unpaired) electrons. The van der Waals surface area contributed by atoms with Crippen molar-refractivity contribution in [2.24, 2.45) is 0 Å². The van der Waals surface area contributed by atoms with Gasteiger partial charge in [-0.2, -0.15) is 0 Å². The van der Waals surface area contributed by atoms with Gasteiger partial charge in [-0.1, -0.05) is 26.0 Å². The van der Waals surface area contributed by atoms with Gasteiger partial charge >= 0.3 is 18.0 Å². The maximum atomic E-state index is 14.9. The predicted octanol–water partition coefficient (Wildman–Crippen LogP) is 6.01. The van der Waals surface area contributed by atoms with E-state index in [0.717, 1.165) is 24.0 Å². The molecule has 0 spiro atoms. The first-order chi connectivity index (χ1) is 23.6. The van der Waals surface area contributed by atoms with Crippen molar-refractivity contribution in [1.29, 1.82) is 0 Å². The minimum atomic E-state index is -1.03. The van der Waals surface area contributed by atoms with Crippen LogP contribution in [0.25, 0.3) is 0 Å². The number of aryl methyl sites for hydroxylation is 1. The minimum Gasteiger partial charge on any atom is -0.493 e. The molecule has 50 heavy (non-hydrogen) atoms. The Labute approximate surface area is 292 Å². The summed E-state index contributed by atoms with van der Waals surface area (Å²) in [4.78, 5) is 56.2. The van der Waals surface area contributed by atoms with Crippen molar-refractivity contribution in [1.82, 2.24) is 9.80 Å². The summed E-state index contributed by atoms with van der Waals surface area (Å²) in [5, 5.41) is 0. The topological polar surface area (TPSA) is 139 Å². The third kappa shape index (κ3) is 6.77. The first-order valence-electron chi connectivity index (χ1n) is 16.7. The Bertz CT molecular complexity index is 1730. The van der Waals surface area contributed by atoms with Crippen LogP contribution in [0.4, 0.5) is 4.79 Å². The number of hydrogen-bond donors (Lipinski definition) is 0. The van der Waals surface area contributed by atoms with Gasteiger partial charge in [-0.3, -0.25) is 19.3 Å². The standard InChI is InChI=1S/C37H46N2O11/c1-11-12-13-45-34-29-24(14-19(2)31(34)44-10)15-26-35(42)38(21(4)30(29)39(26)36(43)50-37(7,8)9)27(17-46-22(5)40)25-16-28(49-23(6)41)20(3)32-33(25)48-18-47-32/h14,16,26-27,30H,4,11-13,15,17-18H2,1-3,5-10H3. The molecule has 13 nitrogen and oxygen atoms in total. The highest BCUT2D eigenvalue weighted by Crippen LogP contribution is 2.54. The van der Waals surface area contributed by atoms with Crippen molar-refractivity contribution < 1.29 is 52.3 Å². The van der Waals surface area contributed by atoms with Crippen LogP contribution in [0.15, 0.2) is 24.4 Å². The Morgan fingerprint density at radius 1 is 1.06 bits per heavy atom. The van der Waals surface area contributed by atoms with Crippen LogP contribution >= 0.6 is 0 Å². The Morgan fingerprint density at radius 3 is 2.38 bits per heavy atom. The third-order valence-electron chi connectivity index (χ3n) is 8.79. The highest BCUT2D eigenvalue weighted by molar-refractivity contribution is 5.92. The molecule has 3 aliphatic heterocycles. The zero-order valence-electron chi connectivity index (χ0n) is 30.2. The molecule has 1 fully saturated rings. The van der Waals surface area contributed by atoms with Gasteiger partial charge in [-0.05, 0) is 58.2 Å². The Balaban J connectivity index is 1.75. The van der Waals surface area contributed by atoms with Crippen LogP contribution in [0.5, 0.6) is 28.7 Å². The lowest BCUT2D eigenvalue weighted by Crippen LogP contribution is -2.62. The summed E-state index contributed by atoms with van der Waals surface area (Å²) in [6.07, 6.45) is 1.09. The molecule has 2 aromatic rings. The molecule has 0 N–H and O–H groups in total. The van der Waals surface area contributed by atoms with Crippen LogP contribution in [0.3, 0.4) is 0 Å². The van der Waals surface area contributed by atoms with Gasteiger partial charge in [0.05, 0.1) is 19.8 Å². The van der Waals surface area contributed by atoms with Crippen molar-refractivity contribution in [2.45, 2.75) is 98.4 Å². The molecule has 3 unspecified atom stereocenters. The lowest BCUT2D eigenvalue weighted by atomic mass is 9.80. The van der Waals surface area contributed by atoms with Crippen molar-refractivity contribution >= 4 is 23.9 Å². The molecule has 2 aromatic carbocycles. The first kappa shape index (κ1) is 36.3. The fraction of sp³-hybridized carbons (Fsp3) is 0.514. The molecule has 3 heterocycles. The van der Waals surface area contributed by atoms with E-state index in [1.165, 1.54) is 23.6 Å². The molecule has 1 saturated heterocycles. The second-order valence-corrected chi connectivity index (χ2v) is 13.6. The van der Waals surface area contributed by atoms with E-state index < -0.39 is 47.7 Å². The van der Waals surface area contributed by atoms with Gasteiger partial charge in [0.1, 0.15) is 30.0 Å². The SMILES string of the molecule is C=C1C2c3c(cc(C)c(OC)c3OCCCC)CC(C(=O)N1C(COC(C)=O)c1cc(OC(C)=O)c(C)c3c1OCO3)N2C(=O)OC(C)(C)C. The number of esters is 2. The maximum absolute atomic E-state index is 14.9. The number of fused-ring (bicyclic) bond motifs is 5. The van der Waals surface area contributed by atoms with E-state index >= 15 is 0 Å². The van der Waals surface area contributed by atoms with Gasteiger partial charge in [0.15, 0.2) is 23.0 Å². The van der Waals surface area contributed by atoms with E-state index in [0.29, 0.717) is 46.3 Å². The van der Waals surface area contributed by atoms with Crippen molar-refractivity contribution in [2.75, 3.05) is 27.1 Å². The smallest absolute Gasteiger partial charge is 0.411 e. The third-order valence-corrected chi connectivity index (χ3v) is 8.79. The van der Waals surface area contributed by atoms with E-state index in [-0.39, 0.29) is 31.3 Å². The summed E-state index contributed by atoms with van der Waals surface area (Å²) in [5.41, 5.74) is 2.45. The lowest BCUT2D eigenvalue weighted by Gasteiger charge is -2.52. The summed E-state index contributed by atoms with van der Waals surface area (Å²) in [5.74, 6) is 0.141. The van der Waals surface area contributed by atoms with E-state index in [1.807, 2.05) is 13.0 Å². The zero-order valence-corrected chi connectivity index (χ0v) is 30.2. The molecule has 0 aromatic heterocycles. The molecular formula is C37H46N2O11. The van der Waals surface area contributed by atoms with Crippen molar-refractivity contribution in [3.8, 4) is 28.7 Å². The number of carbonyl (C=O) groups is 4. The zero-order chi connectivity index (χ0) is 36.7. The highest BCUT2D eigenvalue weighted by Gasteiger charge is 2.55.